The number of amides is 1. The molecule has 0 aliphatic heterocycles. The van der Waals surface area contributed by atoms with Gasteiger partial charge in [-0.2, -0.15) is 8.78 Å². The van der Waals surface area contributed by atoms with Crippen molar-refractivity contribution in [2.24, 2.45) is 0 Å². The number of thioether (sulfide) groups is 1. The van der Waals surface area contributed by atoms with Gasteiger partial charge in [0.25, 0.3) is 11.7 Å². The van der Waals surface area contributed by atoms with Gasteiger partial charge >= 0.3 is 0 Å². The van der Waals surface area contributed by atoms with Gasteiger partial charge in [-0.15, -0.1) is 24.0 Å². The Bertz CT molecular complexity index is 586. The first-order valence-electron chi connectivity index (χ1n) is 5.19. The number of carbonyl (C=O) groups is 1. The summed E-state index contributed by atoms with van der Waals surface area (Å²) in [4.78, 5) is 13.5. The third-order valence-corrected chi connectivity index (χ3v) is 4.31. The molecule has 1 aromatic heterocycles. The normalized spacial score (nSPS) is 10.7. The highest BCUT2D eigenvalue weighted by atomic mass is 32.2. The van der Waals surface area contributed by atoms with Crippen LogP contribution in [-0.4, -0.2) is 11.7 Å². The van der Waals surface area contributed by atoms with Crippen LogP contribution in [0.15, 0.2) is 45.5 Å². The lowest BCUT2D eigenvalue weighted by atomic mass is 10.3. The van der Waals surface area contributed by atoms with Crippen molar-refractivity contribution in [3.8, 4) is 0 Å². The molecule has 7 heteroatoms. The molecule has 1 aromatic carbocycles. The number of anilines is 1. The molecule has 0 aliphatic rings. The highest BCUT2D eigenvalue weighted by Crippen LogP contribution is 2.32. The van der Waals surface area contributed by atoms with Crippen LogP contribution in [0.2, 0.25) is 0 Å². The molecule has 0 atom stereocenters. The molecule has 0 aliphatic carbocycles. The SMILES string of the molecule is O=C(Nc1ccccc1SC(F)F)c1cc(S)cs1. The summed E-state index contributed by atoms with van der Waals surface area (Å²) in [5, 5.41) is 4.36. The molecule has 0 unspecified atom stereocenters. The van der Waals surface area contributed by atoms with Crippen LogP contribution in [0.4, 0.5) is 14.5 Å². The van der Waals surface area contributed by atoms with Gasteiger partial charge in [0.15, 0.2) is 0 Å². The van der Waals surface area contributed by atoms with E-state index in [0.717, 1.165) is 0 Å². The number of rotatable bonds is 4. The molecule has 1 heterocycles. The lowest BCUT2D eigenvalue weighted by Crippen LogP contribution is -2.10. The summed E-state index contributed by atoms with van der Waals surface area (Å²) in [7, 11) is 0. The van der Waals surface area contributed by atoms with Crippen molar-refractivity contribution < 1.29 is 13.6 Å². The molecule has 2 aromatic rings. The summed E-state index contributed by atoms with van der Waals surface area (Å²) in [6.07, 6.45) is 0. The molecule has 2 nitrogen and oxygen atoms in total. The molecule has 0 radical (unpaired) electrons. The first kappa shape index (κ1) is 14.4. The number of para-hydroxylation sites is 1. The summed E-state index contributed by atoms with van der Waals surface area (Å²) >= 11 is 5.78. The quantitative estimate of drug-likeness (QED) is 0.637. The highest BCUT2D eigenvalue weighted by Gasteiger charge is 2.13. The number of nitrogens with one attached hydrogen (secondary N) is 1. The van der Waals surface area contributed by atoms with Crippen LogP contribution in [0.25, 0.3) is 0 Å². The molecule has 100 valence electrons. The van der Waals surface area contributed by atoms with Crippen LogP contribution in [0.1, 0.15) is 9.67 Å². The zero-order chi connectivity index (χ0) is 13.8. The van der Waals surface area contributed by atoms with E-state index in [1.54, 1.807) is 35.7 Å². The second-order valence-corrected chi connectivity index (χ2v) is 5.96. The van der Waals surface area contributed by atoms with E-state index in [-0.39, 0.29) is 5.91 Å². The van der Waals surface area contributed by atoms with Crippen LogP contribution in [-0.2, 0) is 0 Å². The van der Waals surface area contributed by atoms with Gasteiger partial charge in [-0.1, -0.05) is 23.9 Å². The summed E-state index contributed by atoms with van der Waals surface area (Å²) in [6, 6.07) is 8.11. The molecule has 2 rings (SSSR count). The van der Waals surface area contributed by atoms with Gasteiger partial charge in [0.05, 0.1) is 10.6 Å². The Hall–Kier alpha value is -1.05. The molecule has 1 amide bonds. The number of thiol groups is 1. The molecular formula is C12H9F2NOS3. The summed E-state index contributed by atoms with van der Waals surface area (Å²) in [6.45, 7) is 0. The second-order valence-electron chi connectivity index (χ2n) is 3.50. The van der Waals surface area contributed by atoms with Crippen LogP contribution in [0.5, 0.6) is 0 Å². The lowest BCUT2D eigenvalue weighted by Gasteiger charge is -2.09. The number of benzene rings is 1. The Morgan fingerprint density at radius 1 is 1.37 bits per heavy atom. The minimum absolute atomic E-state index is 0.326. The maximum Gasteiger partial charge on any atom is 0.288 e. The molecule has 0 spiro atoms. The predicted molar refractivity (Wildman–Crippen MR) is 77.8 cm³/mol. The third kappa shape index (κ3) is 3.95. The molecule has 0 saturated heterocycles. The van der Waals surface area contributed by atoms with E-state index in [0.29, 0.717) is 32.1 Å². The van der Waals surface area contributed by atoms with Gasteiger partial charge in [0.1, 0.15) is 0 Å². The maximum absolute atomic E-state index is 12.4. The van der Waals surface area contributed by atoms with E-state index in [1.807, 2.05) is 0 Å². The highest BCUT2D eigenvalue weighted by molar-refractivity contribution is 7.99. The fraction of sp³-hybridized carbons (Fsp3) is 0.0833. The molecule has 0 saturated carbocycles. The Kier molecular flexibility index (Phi) is 4.84. The first-order valence-corrected chi connectivity index (χ1v) is 7.39. The fourth-order valence-electron chi connectivity index (χ4n) is 1.40. The van der Waals surface area contributed by atoms with Crippen LogP contribution >= 0.6 is 35.7 Å². The largest absolute Gasteiger partial charge is 0.320 e. The van der Waals surface area contributed by atoms with Crippen molar-refractivity contribution in [2.75, 3.05) is 5.32 Å². The monoisotopic (exact) mass is 317 g/mol. The lowest BCUT2D eigenvalue weighted by molar-refractivity contribution is 0.103. The molecule has 0 fully saturated rings. The molecular weight excluding hydrogens is 308 g/mol. The summed E-state index contributed by atoms with van der Waals surface area (Å²) in [5.74, 6) is -2.85. The van der Waals surface area contributed by atoms with Crippen molar-refractivity contribution in [3.05, 3.63) is 40.6 Å². The maximum atomic E-state index is 12.4. The van der Waals surface area contributed by atoms with E-state index < -0.39 is 5.76 Å². The topological polar surface area (TPSA) is 29.1 Å². The first-order chi connectivity index (χ1) is 9.06. The minimum atomic E-state index is -2.52. The van der Waals surface area contributed by atoms with E-state index in [1.165, 1.54) is 11.3 Å². The average Bonchev–Trinajstić information content (AvgIpc) is 2.78. The van der Waals surface area contributed by atoms with Crippen molar-refractivity contribution in [1.29, 1.82) is 0 Å². The van der Waals surface area contributed by atoms with Crippen molar-refractivity contribution in [2.45, 2.75) is 15.5 Å². The van der Waals surface area contributed by atoms with Gasteiger partial charge in [-0.3, -0.25) is 4.79 Å². The Labute approximate surface area is 122 Å². The number of hydrogen-bond acceptors (Lipinski definition) is 4. The summed E-state index contributed by atoms with van der Waals surface area (Å²) in [5.41, 5.74) is 0.381. The zero-order valence-electron chi connectivity index (χ0n) is 9.47. The smallest absolute Gasteiger partial charge is 0.288 e. The van der Waals surface area contributed by atoms with E-state index >= 15 is 0 Å². The Morgan fingerprint density at radius 2 is 2.11 bits per heavy atom. The number of hydrogen-bond donors (Lipinski definition) is 2. The summed E-state index contributed by atoms with van der Waals surface area (Å²) < 4.78 is 24.8. The molecule has 19 heavy (non-hydrogen) atoms. The van der Waals surface area contributed by atoms with Gasteiger partial charge < -0.3 is 5.32 Å². The van der Waals surface area contributed by atoms with Crippen LogP contribution < -0.4 is 5.32 Å². The van der Waals surface area contributed by atoms with Crippen LogP contribution in [0, 0.1) is 0 Å². The zero-order valence-corrected chi connectivity index (χ0v) is 12.0. The van der Waals surface area contributed by atoms with Gasteiger partial charge in [0, 0.05) is 15.2 Å². The second kappa shape index (κ2) is 6.40. The van der Waals surface area contributed by atoms with E-state index in [4.69, 9.17) is 0 Å². The van der Waals surface area contributed by atoms with Gasteiger partial charge in [-0.05, 0) is 18.2 Å². The number of thiophene rings is 1. The molecule has 0 bridgehead atoms. The van der Waals surface area contributed by atoms with Crippen molar-refractivity contribution in [1.82, 2.24) is 0 Å². The fourth-order valence-corrected chi connectivity index (χ4v) is 3.04. The standard InChI is InChI=1S/C12H9F2NOS3/c13-12(14)19-9-4-2-1-3-8(9)15-11(16)10-5-7(17)6-18-10/h1-6,12,17H,(H,15,16). The predicted octanol–water partition coefficient (Wildman–Crippen LogP) is 4.60. The van der Waals surface area contributed by atoms with Crippen molar-refractivity contribution >= 4 is 47.3 Å². The average molecular weight is 317 g/mol. The Balaban J connectivity index is 2.16. The number of alkyl halides is 2. The third-order valence-electron chi connectivity index (χ3n) is 2.16. The number of halogens is 2. The van der Waals surface area contributed by atoms with Gasteiger partial charge in [0.2, 0.25) is 0 Å². The van der Waals surface area contributed by atoms with E-state index in [9.17, 15) is 13.6 Å². The molecule has 1 N–H and O–H groups in total. The minimum Gasteiger partial charge on any atom is -0.320 e. The Morgan fingerprint density at radius 3 is 2.74 bits per heavy atom. The van der Waals surface area contributed by atoms with Crippen LogP contribution in [0.3, 0.4) is 0 Å². The van der Waals surface area contributed by atoms with Gasteiger partial charge in [-0.25, -0.2) is 0 Å². The van der Waals surface area contributed by atoms with E-state index in [2.05, 4.69) is 17.9 Å². The van der Waals surface area contributed by atoms with Crippen molar-refractivity contribution in [3.63, 3.8) is 0 Å². The number of carbonyl (C=O) groups excluding carboxylic acids is 1.